The molecule has 0 aliphatic rings. The fourth-order valence-corrected chi connectivity index (χ4v) is 1.84. The monoisotopic (exact) mass is 286 g/mol. The number of nitrogen functional groups attached to an aromatic ring is 1. The van der Waals surface area contributed by atoms with Gasteiger partial charge in [-0.05, 0) is 6.07 Å². The zero-order valence-electron chi connectivity index (χ0n) is 8.87. The molecule has 0 amide bonds. The van der Waals surface area contributed by atoms with Gasteiger partial charge in [-0.3, -0.25) is 10.1 Å². The van der Waals surface area contributed by atoms with Crippen LogP contribution in [0, 0.1) is 10.1 Å². The molecule has 0 aliphatic heterocycles. The predicted molar refractivity (Wildman–Crippen MR) is 66.8 cm³/mol. The van der Waals surface area contributed by atoms with E-state index < -0.39 is 4.92 Å². The number of ether oxygens (including phenoxy) is 1. The van der Waals surface area contributed by atoms with E-state index in [2.05, 4.69) is 9.59 Å². The lowest BCUT2D eigenvalue weighted by Crippen LogP contribution is -1.99. The van der Waals surface area contributed by atoms with Crippen LogP contribution < -0.4 is 10.5 Å². The average Bonchev–Trinajstić information content (AvgIpc) is 2.73. The highest BCUT2D eigenvalue weighted by atomic mass is 35.5. The minimum Gasteiger partial charge on any atom is -0.486 e. The summed E-state index contributed by atoms with van der Waals surface area (Å²) in [6, 6.07) is 3.96. The molecule has 0 unspecified atom stereocenters. The number of nitro benzene ring substituents is 1. The van der Waals surface area contributed by atoms with E-state index in [0.717, 1.165) is 11.5 Å². The lowest BCUT2D eigenvalue weighted by Gasteiger charge is -2.06. The summed E-state index contributed by atoms with van der Waals surface area (Å²) in [4.78, 5) is 10.00. The van der Waals surface area contributed by atoms with E-state index in [0.29, 0.717) is 16.4 Å². The SMILES string of the molecule is Nc1snnc1COc1ccc([N+](=O)[O-])cc1Cl. The van der Waals surface area contributed by atoms with Crippen molar-refractivity contribution in [2.24, 2.45) is 0 Å². The molecule has 0 spiro atoms. The van der Waals surface area contributed by atoms with Crippen LogP contribution in [0.1, 0.15) is 5.69 Å². The number of anilines is 1. The number of nitro groups is 1. The second kappa shape index (κ2) is 5.15. The number of benzene rings is 1. The molecule has 0 bridgehead atoms. The lowest BCUT2D eigenvalue weighted by molar-refractivity contribution is -0.384. The number of rotatable bonds is 4. The normalized spacial score (nSPS) is 10.3. The Balaban J connectivity index is 2.11. The first-order chi connectivity index (χ1) is 8.58. The number of hydrogen-bond donors (Lipinski definition) is 1. The Morgan fingerprint density at radius 1 is 1.56 bits per heavy atom. The molecule has 7 nitrogen and oxygen atoms in total. The standard InChI is InChI=1S/C9H7ClN4O3S/c10-6-3-5(14(15)16)1-2-8(6)17-4-7-9(11)18-13-12-7/h1-3H,4,11H2. The van der Waals surface area contributed by atoms with E-state index in [1.54, 1.807) is 0 Å². The van der Waals surface area contributed by atoms with E-state index in [-0.39, 0.29) is 17.3 Å². The third-order valence-corrected chi connectivity index (χ3v) is 2.97. The molecule has 0 atom stereocenters. The fraction of sp³-hybridized carbons (Fsp3) is 0.111. The van der Waals surface area contributed by atoms with Crippen molar-refractivity contribution in [2.75, 3.05) is 5.73 Å². The number of nitrogens with zero attached hydrogens (tertiary/aromatic N) is 3. The number of non-ortho nitro benzene ring substituents is 1. The lowest BCUT2D eigenvalue weighted by atomic mass is 10.3. The van der Waals surface area contributed by atoms with Crippen LogP contribution in [0.3, 0.4) is 0 Å². The van der Waals surface area contributed by atoms with Gasteiger partial charge in [0.25, 0.3) is 5.69 Å². The summed E-state index contributed by atoms with van der Waals surface area (Å²) in [6.07, 6.45) is 0. The van der Waals surface area contributed by atoms with E-state index in [9.17, 15) is 10.1 Å². The van der Waals surface area contributed by atoms with Crippen molar-refractivity contribution in [3.63, 3.8) is 0 Å². The van der Waals surface area contributed by atoms with Crippen LogP contribution in [0.5, 0.6) is 5.75 Å². The Bertz CT molecular complexity index is 589. The van der Waals surface area contributed by atoms with Gasteiger partial charge in [0.15, 0.2) is 0 Å². The molecule has 18 heavy (non-hydrogen) atoms. The Morgan fingerprint density at radius 3 is 2.89 bits per heavy atom. The number of halogens is 1. The molecule has 1 heterocycles. The van der Waals surface area contributed by atoms with Crippen LogP contribution in [-0.4, -0.2) is 14.5 Å². The summed E-state index contributed by atoms with van der Waals surface area (Å²) in [7, 11) is 0. The summed E-state index contributed by atoms with van der Waals surface area (Å²) in [5, 5.41) is 14.9. The zero-order valence-corrected chi connectivity index (χ0v) is 10.4. The van der Waals surface area contributed by atoms with Crippen LogP contribution in [-0.2, 0) is 6.61 Å². The zero-order chi connectivity index (χ0) is 13.1. The second-order valence-corrected chi connectivity index (χ2v) is 4.44. The van der Waals surface area contributed by atoms with Gasteiger partial charge in [-0.2, -0.15) is 0 Å². The van der Waals surface area contributed by atoms with Crippen molar-refractivity contribution in [2.45, 2.75) is 6.61 Å². The predicted octanol–water partition coefficient (Wildman–Crippen LogP) is 2.26. The van der Waals surface area contributed by atoms with Gasteiger partial charge in [-0.1, -0.05) is 16.1 Å². The first kappa shape index (κ1) is 12.5. The summed E-state index contributed by atoms with van der Waals surface area (Å²) >= 11 is 6.92. The molecule has 0 aliphatic carbocycles. The Hall–Kier alpha value is -1.93. The first-order valence-electron chi connectivity index (χ1n) is 4.71. The maximum Gasteiger partial charge on any atom is 0.271 e. The second-order valence-electron chi connectivity index (χ2n) is 3.24. The minimum absolute atomic E-state index is 0.0952. The van der Waals surface area contributed by atoms with Crippen LogP contribution in [0.25, 0.3) is 0 Å². The molecule has 1 aromatic heterocycles. The van der Waals surface area contributed by atoms with Gasteiger partial charge in [0.05, 0.1) is 9.95 Å². The Labute approximate surface area is 110 Å². The maximum atomic E-state index is 10.5. The van der Waals surface area contributed by atoms with Gasteiger partial charge in [-0.15, -0.1) is 5.10 Å². The van der Waals surface area contributed by atoms with Crippen LogP contribution >= 0.6 is 23.1 Å². The van der Waals surface area contributed by atoms with Gasteiger partial charge in [0.1, 0.15) is 23.1 Å². The summed E-state index contributed by atoms with van der Waals surface area (Å²) in [5.41, 5.74) is 6.01. The molecule has 0 saturated carbocycles. The number of hydrogen-bond acceptors (Lipinski definition) is 7. The molecule has 1 aromatic carbocycles. The highest BCUT2D eigenvalue weighted by molar-refractivity contribution is 7.09. The number of aromatic nitrogens is 2. The molecular weight excluding hydrogens is 280 g/mol. The fourth-order valence-electron chi connectivity index (χ4n) is 1.18. The van der Waals surface area contributed by atoms with Gasteiger partial charge in [0, 0.05) is 23.7 Å². The van der Waals surface area contributed by atoms with Gasteiger partial charge in [-0.25, -0.2) is 0 Å². The van der Waals surface area contributed by atoms with Crippen molar-refractivity contribution in [1.82, 2.24) is 9.59 Å². The molecule has 2 rings (SSSR count). The van der Waals surface area contributed by atoms with Crippen molar-refractivity contribution >= 4 is 33.8 Å². The number of nitrogens with two attached hydrogens (primary N) is 1. The third kappa shape index (κ3) is 2.66. The van der Waals surface area contributed by atoms with E-state index >= 15 is 0 Å². The molecule has 2 aromatic rings. The van der Waals surface area contributed by atoms with E-state index in [1.807, 2.05) is 0 Å². The minimum atomic E-state index is -0.530. The topological polar surface area (TPSA) is 104 Å². The average molecular weight is 287 g/mol. The quantitative estimate of drug-likeness (QED) is 0.683. The van der Waals surface area contributed by atoms with E-state index in [1.165, 1.54) is 18.2 Å². The molecule has 0 saturated heterocycles. The highest BCUT2D eigenvalue weighted by Crippen LogP contribution is 2.29. The van der Waals surface area contributed by atoms with Crippen molar-refractivity contribution in [3.05, 3.63) is 39.0 Å². The summed E-state index contributed by atoms with van der Waals surface area (Å²) < 4.78 is 9.02. The van der Waals surface area contributed by atoms with Gasteiger partial charge < -0.3 is 10.5 Å². The van der Waals surface area contributed by atoms with Gasteiger partial charge >= 0.3 is 0 Å². The molecule has 0 radical (unpaired) electrons. The Kier molecular flexibility index (Phi) is 3.58. The van der Waals surface area contributed by atoms with Gasteiger partial charge in [0.2, 0.25) is 0 Å². The molecule has 0 fully saturated rings. The summed E-state index contributed by atoms with van der Waals surface area (Å²) in [5.74, 6) is 0.328. The maximum absolute atomic E-state index is 10.5. The first-order valence-corrected chi connectivity index (χ1v) is 5.86. The van der Waals surface area contributed by atoms with E-state index in [4.69, 9.17) is 22.1 Å². The molecular formula is C9H7ClN4O3S. The van der Waals surface area contributed by atoms with Crippen molar-refractivity contribution < 1.29 is 9.66 Å². The smallest absolute Gasteiger partial charge is 0.271 e. The molecule has 9 heteroatoms. The Morgan fingerprint density at radius 2 is 2.33 bits per heavy atom. The third-order valence-electron chi connectivity index (χ3n) is 2.08. The van der Waals surface area contributed by atoms with Crippen molar-refractivity contribution in [3.8, 4) is 5.75 Å². The van der Waals surface area contributed by atoms with Crippen LogP contribution in [0.4, 0.5) is 10.7 Å². The van der Waals surface area contributed by atoms with Crippen LogP contribution in [0.2, 0.25) is 5.02 Å². The largest absolute Gasteiger partial charge is 0.486 e. The van der Waals surface area contributed by atoms with Crippen molar-refractivity contribution in [1.29, 1.82) is 0 Å². The summed E-state index contributed by atoms with van der Waals surface area (Å²) in [6.45, 7) is 0.111. The van der Waals surface area contributed by atoms with Crippen LogP contribution in [0.15, 0.2) is 18.2 Å². The molecule has 2 N–H and O–H groups in total. The molecule has 94 valence electrons. The highest BCUT2D eigenvalue weighted by Gasteiger charge is 2.11.